The first-order valence-corrected chi connectivity index (χ1v) is 13.8. The zero-order chi connectivity index (χ0) is 24.5. The van der Waals surface area contributed by atoms with Gasteiger partial charge in [-0.3, -0.25) is 14.5 Å². The molecule has 0 unspecified atom stereocenters. The highest BCUT2D eigenvalue weighted by molar-refractivity contribution is 7.89. The highest BCUT2D eigenvalue weighted by Gasteiger charge is 2.56. The summed E-state index contributed by atoms with van der Waals surface area (Å²) in [5, 5.41) is 3.16. The molecular weight excluding hydrogens is 462 g/mol. The molecule has 3 aliphatic rings. The lowest BCUT2D eigenvalue weighted by atomic mass is 9.80. The molecule has 184 valence electrons. The average Bonchev–Trinajstić information content (AvgIpc) is 3.57. The Hall–Kier alpha value is -2.97. The lowest BCUT2D eigenvalue weighted by Gasteiger charge is -2.49. The van der Waals surface area contributed by atoms with E-state index in [1.54, 1.807) is 12.1 Å². The molecule has 0 aromatic heterocycles. The fourth-order valence-corrected chi connectivity index (χ4v) is 6.83. The molecule has 2 aromatic rings. The molecule has 8 heteroatoms. The van der Waals surface area contributed by atoms with Crippen molar-refractivity contribution in [2.24, 2.45) is 0 Å². The van der Waals surface area contributed by atoms with Crippen molar-refractivity contribution in [1.29, 1.82) is 0 Å². The van der Waals surface area contributed by atoms with E-state index in [9.17, 15) is 18.0 Å². The van der Waals surface area contributed by atoms with Gasteiger partial charge in [-0.25, -0.2) is 8.42 Å². The van der Waals surface area contributed by atoms with E-state index in [0.29, 0.717) is 18.8 Å². The number of anilines is 1. The van der Waals surface area contributed by atoms with Gasteiger partial charge in [0, 0.05) is 24.8 Å². The van der Waals surface area contributed by atoms with Crippen molar-refractivity contribution in [1.82, 2.24) is 9.62 Å². The average molecular weight is 494 g/mol. The third-order valence-electron chi connectivity index (χ3n) is 7.30. The van der Waals surface area contributed by atoms with Gasteiger partial charge in [0.1, 0.15) is 0 Å². The predicted molar refractivity (Wildman–Crippen MR) is 135 cm³/mol. The zero-order valence-electron chi connectivity index (χ0n) is 19.7. The van der Waals surface area contributed by atoms with Crippen LogP contribution in [0.5, 0.6) is 0 Å². The molecule has 2 aromatic carbocycles. The van der Waals surface area contributed by atoms with E-state index in [-0.39, 0.29) is 29.2 Å². The summed E-state index contributed by atoms with van der Waals surface area (Å²) in [5.41, 5.74) is 0.304. The second-order valence-electron chi connectivity index (χ2n) is 9.63. The molecule has 1 aliphatic carbocycles. The number of nitrogens with zero attached hydrogens (tertiary/aromatic N) is 2. The summed E-state index contributed by atoms with van der Waals surface area (Å²) < 4.78 is 27.3. The molecule has 5 rings (SSSR count). The summed E-state index contributed by atoms with van der Waals surface area (Å²) >= 11 is 0. The molecule has 2 saturated heterocycles. The molecular formula is C27H31N3O4S. The first-order valence-electron chi connectivity index (χ1n) is 12.4. The van der Waals surface area contributed by atoms with Crippen LogP contribution in [0.4, 0.5) is 5.69 Å². The van der Waals surface area contributed by atoms with Gasteiger partial charge in [-0.1, -0.05) is 49.2 Å². The minimum absolute atomic E-state index is 0.0721. The molecule has 1 atom stereocenters. The molecule has 35 heavy (non-hydrogen) atoms. The van der Waals surface area contributed by atoms with E-state index < -0.39 is 15.6 Å². The molecule has 2 amide bonds. The lowest BCUT2D eigenvalue weighted by molar-refractivity contribution is -0.137. The van der Waals surface area contributed by atoms with Crippen LogP contribution in [0.1, 0.15) is 50.5 Å². The van der Waals surface area contributed by atoms with Crippen LogP contribution < -0.4 is 10.2 Å². The Morgan fingerprint density at radius 1 is 0.943 bits per heavy atom. The van der Waals surface area contributed by atoms with E-state index in [1.807, 2.05) is 42.5 Å². The third-order valence-corrected chi connectivity index (χ3v) is 9.21. The van der Waals surface area contributed by atoms with Crippen molar-refractivity contribution in [2.45, 2.75) is 61.4 Å². The van der Waals surface area contributed by atoms with Gasteiger partial charge in [-0.05, 0) is 61.6 Å². The Balaban J connectivity index is 1.46. The zero-order valence-corrected chi connectivity index (χ0v) is 20.5. The largest absolute Gasteiger partial charge is 0.351 e. The molecule has 3 fully saturated rings. The number of sulfonamides is 1. The van der Waals surface area contributed by atoms with Gasteiger partial charge in [-0.15, -0.1) is 0 Å². The summed E-state index contributed by atoms with van der Waals surface area (Å²) in [4.78, 5) is 28.2. The Morgan fingerprint density at radius 2 is 1.60 bits per heavy atom. The monoisotopic (exact) mass is 493 g/mol. The van der Waals surface area contributed by atoms with Gasteiger partial charge in [0.05, 0.1) is 11.3 Å². The second-order valence-corrected chi connectivity index (χ2v) is 11.6. The number of rotatable bonds is 7. The maximum atomic E-state index is 13.6. The SMILES string of the molecule is O=C1C[C@](/C=C/c2ccccc2)(C(=O)NC2CCCC2)N1c1ccc(S(=O)(=O)N2CCCC2)cc1. The van der Waals surface area contributed by atoms with Crippen molar-refractivity contribution >= 4 is 33.6 Å². The number of nitrogens with one attached hydrogen (secondary N) is 1. The van der Waals surface area contributed by atoms with Crippen molar-refractivity contribution in [2.75, 3.05) is 18.0 Å². The van der Waals surface area contributed by atoms with Gasteiger partial charge >= 0.3 is 0 Å². The van der Waals surface area contributed by atoms with Crippen LogP contribution in [0.25, 0.3) is 6.08 Å². The van der Waals surface area contributed by atoms with Gasteiger partial charge in [0.2, 0.25) is 15.9 Å². The number of hydrogen-bond acceptors (Lipinski definition) is 4. The van der Waals surface area contributed by atoms with Crippen molar-refractivity contribution < 1.29 is 18.0 Å². The van der Waals surface area contributed by atoms with Gasteiger partial charge in [0.25, 0.3) is 5.91 Å². The van der Waals surface area contributed by atoms with E-state index in [1.165, 1.54) is 21.3 Å². The normalized spacial score (nSPS) is 23.7. The standard InChI is InChI=1S/C27H31N3O4S/c31-25-20-27(17-16-21-8-2-1-3-9-21,26(32)28-22-10-4-5-11-22)30(25)23-12-14-24(15-13-23)35(33,34)29-18-6-7-19-29/h1-3,8-9,12-17,22H,4-7,10-11,18-20H2,(H,28,32)/b17-16+/t27-/m1/s1. The van der Waals surface area contributed by atoms with E-state index in [2.05, 4.69) is 5.32 Å². The number of carbonyl (C=O) groups excluding carboxylic acids is 2. The highest BCUT2D eigenvalue weighted by atomic mass is 32.2. The van der Waals surface area contributed by atoms with Crippen LogP contribution in [0.2, 0.25) is 0 Å². The Labute approximate surface area is 206 Å². The fraction of sp³-hybridized carbons (Fsp3) is 0.407. The summed E-state index contributed by atoms with van der Waals surface area (Å²) in [6, 6.07) is 16.1. The summed E-state index contributed by atoms with van der Waals surface area (Å²) in [6.07, 6.45) is 9.56. The van der Waals surface area contributed by atoms with Crippen LogP contribution in [-0.2, 0) is 19.6 Å². The second kappa shape index (κ2) is 9.59. The lowest BCUT2D eigenvalue weighted by Crippen LogP contribution is -2.70. The van der Waals surface area contributed by atoms with E-state index >= 15 is 0 Å². The van der Waals surface area contributed by atoms with Gasteiger partial charge in [0.15, 0.2) is 5.54 Å². The summed E-state index contributed by atoms with van der Waals surface area (Å²) in [5.74, 6) is -0.357. The van der Waals surface area contributed by atoms with E-state index in [0.717, 1.165) is 44.1 Å². The minimum Gasteiger partial charge on any atom is -0.351 e. The number of carbonyl (C=O) groups is 2. The number of benzene rings is 2. The Kier molecular flexibility index (Phi) is 6.51. The minimum atomic E-state index is -3.55. The van der Waals surface area contributed by atoms with Crippen LogP contribution in [0.3, 0.4) is 0 Å². The predicted octanol–water partition coefficient (Wildman–Crippen LogP) is 3.72. The maximum absolute atomic E-state index is 13.6. The molecule has 2 heterocycles. The smallest absolute Gasteiger partial charge is 0.251 e. The Bertz CT molecular complexity index is 1210. The molecule has 0 spiro atoms. The molecule has 1 N–H and O–H groups in total. The van der Waals surface area contributed by atoms with Crippen molar-refractivity contribution in [3.05, 3.63) is 66.2 Å². The van der Waals surface area contributed by atoms with Gasteiger partial charge in [-0.2, -0.15) is 4.31 Å². The maximum Gasteiger partial charge on any atom is 0.251 e. The Morgan fingerprint density at radius 3 is 2.23 bits per heavy atom. The molecule has 7 nitrogen and oxygen atoms in total. The van der Waals surface area contributed by atoms with Crippen LogP contribution in [-0.4, -0.2) is 49.2 Å². The fourth-order valence-electron chi connectivity index (χ4n) is 5.31. The number of hydrogen-bond donors (Lipinski definition) is 1. The van der Waals surface area contributed by atoms with Gasteiger partial charge < -0.3 is 5.32 Å². The number of β-lactam (4-membered cyclic amide) rings is 1. The van der Waals surface area contributed by atoms with Crippen molar-refractivity contribution in [3.8, 4) is 0 Å². The third kappa shape index (κ3) is 4.52. The topological polar surface area (TPSA) is 86.8 Å². The highest BCUT2D eigenvalue weighted by Crippen LogP contribution is 2.40. The van der Waals surface area contributed by atoms with Crippen LogP contribution in [0.15, 0.2) is 65.6 Å². The molecule has 0 bridgehead atoms. The number of amides is 2. The van der Waals surface area contributed by atoms with E-state index in [4.69, 9.17) is 0 Å². The van der Waals surface area contributed by atoms with Crippen LogP contribution >= 0.6 is 0 Å². The van der Waals surface area contributed by atoms with Crippen LogP contribution in [0, 0.1) is 0 Å². The first-order chi connectivity index (χ1) is 16.9. The molecule has 2 aliphatic heterocycles. The quantitative estimate of drug-likeness (QED) is 0.596. The summed E-state index contributed by atoms with van der Waals surface area (Å²) in [6.45, 7) is 1.06. The first kappa shape index (κ1) is 23.8. The molecule has 1 saturated carbocycles. The van der Waals surface area contributed by atoms with Crippen molar-refractivity contribution in [3.63, 3.8) is 0 Å². The summed E-state index contributed by atoms with van der Waals surface area (Å²) in [7, 11) is -3.55. The molecule has 0 radical (unpaired) electrons.